The van der Waals surface area contributed by atoms with Crippen LogP contribution in [-0.4, -0.2) is 46.5 Å². The number of nitrogens with one attached hydrogen (secondary N) is 1. The molecule has 0 aliphatic rings. The molecule has 0 bridgehead atoms. The van der Waals surface area contributed by atoms with Crippen molar-refractivity contribution in [2.45, 2.75) is 32.4 Å². The summed E-state index contributed by atoms with van der Waals surface area (Å²) in [5, 5.41) is 11.1. The Morgan fingerprint density at radius 2 is 1.81 bits per heavy atom. The van der Waals surface area contributed by atoms with Gasteiger partial charge in [0, 0.05) is 7.05 Å². The molecule has 0 aromatic carbocycles. The highest BCUT2D eigenvalue weighted by molar-refractivity contribution is 5.90. The van der Waals surface area contributed by atoms with Crippen molar-refractivity contribution in [3.05, 3.63) is 0 Å². The van der Waals surface area contributed by atoms with Crippen molar-refractivity contribution in [1.29, 1.82) is 0 Å². The molecule has 0 spiro atoms. The summed E-state index contributed by atoms with van der Waals surface area (Å²) in [5.41, 5.74) is 3.52. The number of amides is 3. The van der Waals surface area contributed by atoms with E-state index >= 15 is 0 Å². The van der Waals surface area contributed by atoms with Crippen LogP contribution >= 0.6 is 0 Å². The number of carboxylic acid groups (broad SMARTS) is 1. The van der Waals surface area contributed by atoms with Crippen LogP contribution in [0.4, 0.5) is 4.79 Å². The number of carbonyl (C=O) groups is 3. The van der Waals surface area contributed by atoms with Crippen molar-refractivity contribution in [3.8, 4) is 0 Å². The zero-order valence-electron chi connectivity index (χ0n) is 9.77. The molecule has 1 unspecified atom stereocenters. The molecule has 0 aromatic rings. The molecule has 7 nitrogen and oxygen atoms in total. The maximum atomic E-state index is 11.7. The number of likely N-dealkylation sites (N-methyl/N-ethyl adjacent to an activating group) is 1. The van der Waals surface area contributed by atoms with Crippen LogP contribution in [0, 0.1) is 0 Å². The van der Waals surface area contributed by atoms with Crippen LogP contribution in [0.25, 0.3) is 0 Å². The molecule has 0 aliphatic carbocycles. The van der Waals surface area contributed by atoms with Crippen molar-refractivity contribution in [3.63, 3.8) is 0 Å². The minimum atomic E-state index is -1.34. The van der Waals surface area contributed by atoms with Crippen LogP contribution in [0.3, 0.4) is 0 Å². The molecule has 1 atom stereocenters. The molecule has 16 heavy (non-hydrogen) atoms. The Hall–Kier alpha value is -1.79. The number of aliphatic carboxylic acids is 1. The van der Waals surface area contributed by atoms with E-state index in [9.17, 15) is 14.4 Å². The maximum Gasteiger partial charge on any atom is 0.329 e. The fourth-order valence-electron chi connectivity index (χ4n) is 0.985. The lowest BCUT2D eigenvalue weighted by Gasteiger charge is -2.33. The predicted octanol–water partition coefficient (Wildman–Crippen LogP) is -0.635. The molecule has 0 saturated carbocycles. The number of carboxylic acids is 1. The first-order chi connectivity index (χ1) is 7.10. The Labute approximate surface area is 93.6 Å². The third-order valence-electron chi connectivity index (χ3n) is 2.42. The highest BCUT2D eigenvalue weighted by atomic mass is 16.4. The smallest absolute Gasteiger partial charge is 0.329 e. The quantitative estimate of drug-likeness (QED) is 0.597. The average molecular weight is 231 g/mol. The number of urea groups is 1. The van der Waals surface area contributed by atoms with Gasteiger partial charge < -0.3 is 21.1 Å². The summed E-state index contributed by atoms with van der Waals surface area (Å²) in [7, 11) is 1.36. The van der Waals surface area contributed by atoms with Gasteiger partial charge in [-0.25, -0.2) is 9.59 Å². The lowest BCUT2D eigenvalue weighted by atomic mass is 10.0. The normalized spacial score (nSPS) is 12.8. The second-order valence-corrected chi connectivity index (χ2v) is 3.99. The first kappa shape index (κ1) is 14.2. The fraction of sp³-hybridized carbons (Fsp3) is 0.667. The molecular weight excluding hydrogens is 214 g/mol. The molecule has 7 heteroatoms. The Morgan fingerprint density at radius 3 is 2.12 bits per heavy atom. The first-order valence-corrected chi connectivity index (χ1v) is 4.67. The number of primary amides is 1. The van der Waals surface area contributed by atoms with E-state index in [4.69, 9.17) is 10.8 Å². The largest absolute Gasteiger partial charge is 0.480 e. The van der Waals surface area contributed by atoms with Gasteiger partial charge in [0.25, 0.3) is 0 Å². The van der Waals surface area contributed by atoms with Gasteiger partial charge in [-0.1, -0.05) is 0 Å². The van der Waals surface area contributed by atoms with Crippen molar-refractivity contribution in [1.82, 2.24) is 10.2 Å². The number of carbonyl (C=O) groups excluding carboxylic acids is 2. The molecule has 3 amide bonds. The second kappa shape index (κ2) is 4.82. The van der Waals surface area contributed by atoms with Gasteiger partial charge in [-0.2, -0.15) is 0 Å². The van der Waals surface area contributed by atoms with E-state index in [1.165, 1.54) is 27.8 Å². The summed E-state index contributed by atoms with van der Waals surface area (Å²) in [4.78, 5) is 34.2. The van der Waals surface area contributed by atoms with E-state index in [-0.39, 0.29) is 0 Å². The van der Waals surface area contributed by atoms with Gasteiger partial charge in [-0.05, 0) is 20.8 Å². The minimum absolute atomic E-state index is 0.522. The Bertz CT molecular complexity index is 314. The molecule has 92 valence electrons. The lowest BCUT2D eigenvalue weighted by molar-refractivity contribution is -0.155. The van der Waals surface area contributed by atoms with Crippen LogP contribution in [0.2, 0.25) is 0 Å². The van der Waals surface area contributed by atoms with Gasteiger partial charge in [0.1, 0.15) is 11.6 Å². The monoisotopic (exact) mass is 231 g/mol. The number of nitrogens with zero attached hydrogens (tertiary/aromatic N) is 1. The molecule has 0 radical (unpaired) electrons. The summed E-state index contributed by atoms with van der Waals surface area (Å²) in [6.45, 7) is 4.22. The summed E-state index contributed by atoms with van der Waals surface area (Å²) in [6, 6.07) is -1.69. The highest BCUT2D eigenvalue weighted by Crippen LogP contribution is 2.13. The predicted molar refractivity (Wildman–Crippen MR) is 56.7 cm³/mol. The van der Waals surface area contributed by atoms with E-state index in [1.54, 1.807) is 0 Å². The topological polar surface area (TPSA) is 113 Å². The van der Waals surface area contributed by atoms with E-state index in [0.717, 1.165) is 4.90 Å². The molecule has 0 heterocycles. The Morgan fingerprint density at radius 1 is 1.38 bits per heavy atom. The minimum Gasteiger partial charge on any atom is -0.480 e. The number of rotatable bonds is 4. The van der Waals surface area contributed by atoms with Gasteiger partial charge in [0.2, 0.25) is 5.91 Å². The van der Waals surface area contributed by atoms with Crippen LogP contribution in [-0.2, 0) is 9.59 Å². The zero-order valence-corrected chi connectivity index (χ0v) is 9.77. The number of hydrogen-bond donors (Lipinski definition) is 3. The number of nitrogens with two attached hydrogens (primary N) is 1. The van der Waals surface area contributed by atoms with Crippen molar-refractivity contribution in [2.75, 3.05) is 7.05 Å². The molecular formula is C9H17N3O4. The highest BCUT2D eigenvalue weighted by Gasteiger charge is 2.36. The maximum absolute atomic E-state index is 11.7. The van der Waals surface area contributed by atoms with Gasteiger partial charge in [-0.3, -0.25) is 4.79 Å². The summed E-state index contributed by atoms with van der Waals surface area (Å²) >= 11 is 0. The summed E-state index contributed by atoms with van der Waals surface area (Å²) < 4.78 is 0. The van der Waals surface area contributed by atoms with Crippen LogP contribution in [0.1, 0.15) is 20.8 Å². The third kappa shape index (κ3) is 3.11. The molecule has 0 saturated heterocycles. The Kier molecular flexibility index (Phi) is 4.28. The molecule has 0 fully saturated rings. The zero-order chi connectivity index (χ0) is 13.1. The van der Waals surface area contributed by atoms with Crippen molar-refractivity contribution in [2.24, 2.45) is 5.73 Å². The average Bonchev–Trinajstić information content (AvgIpc) is 2.13. The van der Waals surface area contributed by atoms with E-state index in [1.807, 2.05) is 0 Å². The Balaban J connectivity index is 4.74. The van der Waals surface area contributed by atoms with Gasteiger partial charge in [-0.15, -0.1) is 0 Å². The SMILES string of the molecule is CC(NC(N)=O)C(=O)N(C)C(C)(C)C(=O)O. The molecule has 0 aliphatic heterocycles. The summed E-state index contributed by atoms with van der Waals surface area (Å²) in [6.07, 6.45) is 0. The molecule has 0 rings (SSSR count). The van der Waals surface area contributed by atoms with Crippen molar-refractivity contribution < 1.29 is 19.5 Å². The van der Waals surface area contributed by atoms with Gasteiger partial charge >= 0.3 is 12.0 Å². The third-order valence-corrected chi connectivity index (χ3v) is 2.42. The second-order valence-electron chi connectivity index (χ2n) is 3.99. The van der Waals surface area contributed by atoms with E-state index in [0.29, 0.717) is 0 Å². The van der Waals surface area contributed by atoms with Crippen molar-refractivity contribution >= 4 is 17.9 Å². The molecule has 0 aromatic heterocycles. The van der Waals surface area contributed by atoms with Crippen LogP contribution in [0.5, 0.6) is 0 Å². The van der Waals surface area contributed by atoms with E-state index in [2.05, 4.69) is 5.32 Å². The first-order valence-electron chi connectivity index (χ1n) is 4.67. The summed E-state index contributed by atoms with van der Waals surface area (Å²) in [5.74, 6) is -1.65. The lowest BCUT2D eigenvalue weighted by Crippen LogP contribution is -2.56. The van der Waals surface area contributed by atoms with Gasteiger partial charge in [0.15, 0.2) is 0 Å². The van der Waals surface area contributed by atoms with Crippen LogP contribution < -0.4 is 11.1 Å². The van der Waals surface area contributed by atoms with E-state index < -0.39 is 29.5 Å². The fourth-order valence-corrected chi connectivity index (χ4v) is 0.985. The number of hydrogen-bond acceptors (Lipinski definition) is 3. The van der Waals surface area contributed by atoms with Crippen LogP contribution in [0.15, 0.2) is 0 Å². The van der Waals surface area contributed by atoms with Gasteiger partial charge in [0.05, 0.1) is 0 Å². The molecule has 4 N–H and O–H groups in total. The standard InChI is InChI=1S/C9H17N3O4/c1-5(11-8(10)16)6(13)12(4)9(2,3)7(14)15/h5H,1-4H3,(H,14,15)(H3,10,11,16).